The predicted octanol–water partition coefficient (Wildman–Crippen LogP) is 1.51. The van der Waals surface area contributed by atoms with Crippen LogP contribution in [-0.2, 0) is 0 Å². The summed E-state index contributed by atoms with van der Waals surface area (Å²) in [7, 11) is 1.51. The highest BCUT2D eigenvalue weighted by atomic mass is 16.5. The van der Waals surface area contributed by atoms with Gasteiger partial charge in [-0.05, 0) is 30.3 Å². The zero-order valence-electron chi connectivity index (χ0n) is 13.7. The summed E-state index contributed by atoms with van der Waals surface area (Å²) in [5, 5.41) is 14.2. The van der Waals surface area contributed by atoms with Crippen LogP contribution >= 0.6 is 0 Å². The Labute approximate surface area is 144 Å². The second kappa shape index (κ2) is 7.91. The summed E-state index contributed by atoms with van der Waals surface area (Å²) in [4.78, 5) is 16.0. The molecule has 3 aromatic rings. The molecule has 8 nitrogen and oxygen atoms in total. The molecule has 0 aliphatic carbocycles. The molecular formula is C17H18N6O2. The molecule has 0 unspecified atom stereocenters. The topological polar surface area (TPSA) is 94.0 Å². The lowest BCUT2D eigenvalue weighted by Crippen LogP contribution is -2.29. The van der Waals surface area contributed by atoms with Crippen LogP contribution < -0.4 is 15.4 Å². The average Bonchev–Trinajstić information content (AvgIpc) is 3.20. The maximum Gasteiger partial charge on any atom is 0.251 e. The fourth-order valence-electron chi connectivity index (χ4n) is 2.18. The van der Waals surface area contributed by atoms with Gasteiger partial charge in [0.05, 0.1) is 7.11 Å². The number of methoxy groups -OCH3 is 1. The molecule has 3 aromatic heterocycles. The number of nitrogens with zero attached hydrogens (tertiary/aromatic N) is 4. The van der Waals surface area contributed by atoms with Crippen LogP contribution in [0.5, 0.6) is 5.88 Å². The van der Waals surface area contributed by atoms with Gasteiger partial charge in [0.1, 0.15) is 5.82 Å². The zero-order valence-corrected chi connectivity index (χ0v) is 13.7. The van der Waals surface area contributed by atoms with Crippen LogP contribution in [0.1, 0.15) is 10.4 Å². The van der Waals surface area contributed by atoms with Crippen molar-refractivity contribution in [3.05, 3.63) is 60.6 Å². The van der Waals surface area contributed by atoms with Gasteiger partial charge in [-0.3, -0.25) is 4.79 Å². The van der Waals surface area contributed by atoms with Crippen molar-refractivity contribution in [2.45, 2.75) is 0 Å². The van der Waals surface area contributed by atoms with E-state index in [1.165, 1.54) is 13.3 Å². The molecule has 0 atom stereocenters. The molecule has 0 spiro atoms. The highest BCUT2D eigenvalue weighted by molar-refractivity contribution is 5.94. The van der Waals surface area contributed by atoms with E-state index in [4.69, 9.17) is 4.74 Å². The molecule has 3 rings (SSSR count). The first-order chi connectivity index (χ1) is 12.3. The van der Waals surface area contributed by atoms with E-state index in [1.807, 2.05) is 41.2 Å². The Kier molecular flexibility index (Phi) is 5.20. The van der Waals surface area contributed by atoms with Crippen molar-refractivity contribution in [2.24, 2.45) is 0 Å². The standard InChI is InChI=1S/C17H18N6O2/c1-25-16-12-13(6-7-19-16)17(24)20-9-8-18-14-4-5-15(22-21-14)23-10-2-3-11-23/h2-7,10-12H,8-9H2,1H3,(H,18,21)(H,20,24). The van der Waals surface area contributed by atoms with E-state index in [0.29, 0.717) is 30.4 Å². The summed E-state index contributed by atoms with van der Waals surface area (Å²) in [6.45, 7) is 0.982. The number of hydrogen-bond acceptors (Lipinski definition) is 6. The Morgan fingerprint density at radius 1 is 1.16 bits per heavy atom. The smallest absolute Gasteiger partial charge is 0.251 e. The van der Waals surface area contributed by atoms with E-state index in [9.17, 15) is 4.79 Å². The Morgan fingerprint density at radius 2 is 2.00 bits per heavy atom. The molecule has 0 fully saturated rings. The number of amides is 1. The van der Waals surface area contributed by atoms with Crippen molar-refractivity contribution in [2.75, 3.05) is 25.5 Å². The monoisotopic (exact) mass is 338 g/mol. The van der Waals surface area contributed by atoms with E-state index in [1.54, 1.807) is 12.1 Å². The minimum Gasteiger partial charge on any atom is -0.481 e. The first kappa shape index (κ1) is 16.4. The lowest BCUT2D eigenvalue weighted by molar-refractivity contribution is 0.0954. The van der Waals surface area contributed by atoms with Gasteiger partial charge >= 0.3 is 0 Å². The Morgan fingerprint density at radius 3 is 2.72 bits per heavy atom. The second-order valence-electron chi connectivity index (χ2n) is 5.14. The minimum atomic E-state index is -0.184. The fourth-order valence-corrected chi connectivity index (χ4v) is 2.18. The van der Waals surface area contributed by atoms with Crippen molar-refractivity contribution >= 4 is 11.7 Å². The van der Waals surface area contributed by atoms with Gasteiger partial charge in [-0.2, -0.15) is 0 Å². The number of carbonyl (C=O) groups excluding carboxylic acids is 1. The van der Waals surface area contributed by atoms with Crippen LogP contribution in [0.2, 0.25) is 0 Å². The third-order valence-corrected chi connectivity index (χ3v) is 3.44. The number of anilines is 1. The molecule has 1 amide bonds. The first-order valence-electron chi connectivity index (χ1n) is 7.75. The second-order valence-corrected chi connectivity index (χ2v) is 5.14. The molecule has 0 aliphatic heterocycles. The summed E-state index contributed by atoms with van der Waals surface area (Å²) >= 11 is 0. The number of nitrogens with one attached hydrogen (secondary N) is 2. The van der Waals surface area contributed by atoms with E-state index in [0.717, 1.165) is 5.82 Å². The van der Waals surface area contributed by atoms with E-state index < -0.39 is 0 Å². The van der Waals surface area contributed by atoms with Gasteiger partial charge in [-0.15, -0.1) is 10.2 Å². The lowest BCUT2D eigenvalue weighted by atomic mass is 10.2. The zero-order chi connectivity index (χ0) is 17.5. The van der Waals surface area contributed by atoms with E-state index in [2.05, 4.69) is 25.8 Å². The SMILES string of the molecule is COc1cc(C(=O)NCCNc2ccc(-n3cccc3)nn2)ccn1. The number of aromatic nitrogens is 4. The fraction of sp³-hybridized carbons (Fsp3) is 0.176. The van der Waals surface area contributed by atoms with Crippen LogP contribution in [0.25, 0.3) is 5.82 Å². The van der Waals surface area contributed by atoms with Crippen LogP contribution in [0.3, 0.4) is 0 Å². The molecule has 0 saturated carbocycles. The molecule has 0 aromatic carbocycles. The minimum absolute atomic E-state index is 0.184. The molecule has 0 radical (unpaired) electrons. The quantitative estimate of drug-likeness (QED) is 0.634. The Hall–Kier alpha value is -3.42. The van der Waals surface area contributed by atoms with Gasteiger partial charge < -0.3 is 19.9 Å². The van der Waals surface area contributed by atoms with Crippen LogP contribution in [-0.4, -0.2) is 45.9 Å². The van der Waals surface area contributed by atoms with Gasteiger partial charge in [0.2, 0.25) is 5.88 Å². The molecule has 25 heavy (non-hydrogen) atoms. The van der Waals surface area contributed by atoms with E-state index >= 15 is 0 Å². The van der Waals surface area contributed by atoms with Crippen molar-refractivity contribution < 1.29 is 9.53 Å². The Balaban J connectivity index is 1.45. The summed E-state index contributed by atoms with van der Waals surface area (Å²) < 4.78 is 6.88. The van der Waals surface area contributed by atoms with Crippen LogP contribution in [0.4, 0.5) is 5.82 Å². The molecule has 0 bridgehead atoms. The number of ether oxygens (including phenoxy) is 1. The molecule has 8 heteroatoms. The summed E-state index contributed by atoms with van der Waals surface area (Å²) in [5.41, 5.74) is 0.503. The number of pyridine rings is 1. The van der Waals surface area contributed by atoms with E-state index in [-0.39, 0.29) is 5.91 Å². The van der Waals surface area contributed by atoms with Crippen molar-refractivity contribution in [3.8, 4) is 11.7 Å². The van der Waals surface area contributed by atoms with Gasteiger partial charge in [-0.1, -0.05) is 0 Å². The van der Waals surface area contributed by atoms with Crippen LogP contribution in [0.15, 0.2) is 55.0 Å². The first-order valence-corrected chi connectivity index (χ1v) is 7.75. The summed E-state index contributed by atoms with van der Waals surface area (Å²) in [6, 6.07) is 10.8. The van der Waals surface area contributed by atoms with Crippen molar-refractivity contribution in [1.29, 1.82) is 0 Å². The molecule has 0 aliphatic rings. The number of hydrogen-bond donors (Lipinski definition) is 2. The van der Waals surface area contributed by atoms with Gasteiger partial charge in [0.15, 0.2) is 5.82 Å². The van der Waals surface area contributed by atoms with Crippen molar-refractivity contribution in [3.63, 3.8) is 0 Å². The average molecular weight is 338 g/mol. The highest BCUT2D eigenvalue weighted by Crippen LogP contribution is 2.08. The molecule has 3 heterocycles. The molecular weight excluding hydrogens is 320 g/mol. The van der Waals surface area contributed by atoms with Crippen LogP contribution in [0, 0.1) is 0 Å². The lowest BCUT2D eigenvalue weighted by Gasteiger charge is -2.08. The maximum absolute atomic E-state index is 12.0. The summed E-state index contributed by atoms with van der Waals surface area (Å²) in [5.74, 6) is 1.62. The maximum atomic E-state index is 12.0. The third-order valence-electron chi connectivity index (χ3n) is 3.44. The third kappa shape index (κ3) is 4.31. The number of carbonyl (C=O) groups is 1. The Bertz CT molecular complexity index is 817. The van der Waals surface area contributed by atoms with Gasteiger partial charge in [0, 0.05) is 43.3 Å². The summed E-state index contributed by atoms with van der Waals surface area (Å²) in [6.07, 6.45) is 5.34. The van der Waals surface area contributed by atoms with Crippen molar-refractivity contribution in [1.82, 2.24) is 25.1 Å². The normalized spacial score (nSPS) is 10.3. The molecule has 128 valence electrons. The predicted molar refractivity (Wildman–Crippen MR) is 93.0 cm³/mol. The van der Waals surface area contributed by atoms with Gasteiger partial charge in [0.25, 0.3) is 5.91 Å². The molecule has 2 N–H and O–H groups in total. The van der Waals surface area contributed by atoms with Gasteiger partial charge in [-0.25, -0.2) is 4.98 Å². The number of rotatable bonds is 7. The molecule has 0 saturated heterocycles. The largest absolute Gasteiger partial charge is 0.481 e. The highest BCUT2D eigenvalue weighted by Gasteiger charge is 2.06.